The van der Waals surface area contributed by atoms with Crippen LogP contribution in [-0.4, -0.2) is 12.1 Å². The molecule has 3 heteroatoms. The average Bonchev–Trinajstić information content (AvgIpc) is 1.98. The van der Waals surface area contributed by atoms with E-state index in [0.29, 0.717) is 23.7 Å². The maximum absolute atomic E-state index is 5.85. The largest absolute Gasteiger partial charge is 0.386 e. The van der Waals surface area contributed by atoms with Crippen LogP contribution in [0.3, 0.4) is 0 Å². The summed E-state index contributed by atoms with van der Waals surface area (Å²) < 4.78 is 0. The molecule has 1 fully saturated rings. The molecule has 3 unspecified atom stereocenters. The Labute approximate surface area is 67.8 Å². The van der Waals surface area contributed by atoms with Crippen LogP contribution < -0.4 is 16.8 Å². The molecule has 4 atom stereocenters. The van der Waals surface area contributed by atoms with Crippen molar-refractivity contribution in [2.24, 2.45) is 23.3 Å². The van der Waals surface area contributed by atoms with Crippen molar-refractivity contribution in [1.29, 1.82) is 0 Å². The lowest BCUT2D eigenvalue weighted by Gasteiger charge is -2.47. The SMILES string of the molecule is C=C(N)N[C@@H]1C(C)C(C)C1N. The number of rotatable bonds is 2. The van der Waals surface area contributed by atoms with Crippen LogP contribution in [0.15, 0.2) is 12.4 Å². The molecule has 5 N–H and O–H groups in total. The van der Waals surface area contributed by atoms with E-state index in [2.05, 4.69) is 25.7 Å². The highest BCUT2D eigenvalue weighted by atomic mass is 15.1. The van der Waals surface area contributed by atoms with Crippen molar-refractivity contribution < 1.29 is 0 Å². The summed E-state index contributed by atoms with van der Waals surface area (Å²) in [4.78, 5) is 0. The summed E-state index contributed by atoms with van der Waals surface area (Å²) in [6, 6.07) is 0.549. The molecule has 0 aromatic carbocycles. The Morgan fingerprint density at radius 2 is 1.91 bits per heavy atom. The molecule has 1 aliphatic rings. The first-order chi connectivity index (χ1) is 5.04. The minimum Gasteiger partial charge on any atom is -0.386 e. The van der Waals surface area contributed by atoms with Crippen LogP contribution in [0.2, 0.25) is 0 Å². The third kappa shape index (κ3) is 1.33. The van der Waals surface area contributed by atoms with Gasteiger partial charge in [0.1, 0.15) is 0 Å². The number of hydrogen-bond acceptors (Lipinski definition) is 3. The van der Waals surface area contributed by atoms with E-state index in [1.165, 1.54) is 0 Å². The summed E-state index contributed by atoms with van der Waals surface area (Å²) in [6.45, 7) is 7.92. The molecule has 0 spiro atoms. The normalized spacial score (nSPS) is 42.8. The van der Waals surface area contributed by atoms with Crippen LogP contribution in [0.5, 0.6) is 0 Å². The first kappa shape index (κ1) is 8.40. The van der Waals surface area contributed by atoms with Crippen molar-refractivity contribution in [3.8, 4) is 0 Å². The molecular weight excluding hydrogens is 138 g/mol. The van der Waals surface area contributed by atoms with Crippen LogP contribution in [0.25, 0.3) is 0 Å². The van der Waals surface area contributed by atoms with Crippen LogP contribution in [0, 0.1) is 11.8 Å². The Morgan fingerprint density at radius 1 is 1.36 bits per heavy atom. The maximum Gasteiger partial charge on any atom is 0.0888 e. The van der Waals surface area contributed by atoms with E-state index in [1.54, 1.807) is 0 Å². The zero-order chi connectivity index (χ0) is 8.59. The second kappa shape index (κ2) is 2.74. The molecule has 11 heavy (non-hydrogen) atoms. The predicted octanol–water partition coefficient (Wildman–Crippen LogP) is -0.0124. The first-order valence-corrected chi connectivity index (χ1v) is 4.00. The summed E-state index contributed by atoms with van der Waals surface area (Å²) in [7, 11) is 0. The number of hydrogen-bond donors (Lipinski definition) is 3. The smallest absolute Gasteiger partial charge is 0.0888 e. The van der Waals surface area contributed by atoms with E-state index in [9.17, 15) is 0 Å². The summed E-state index contributed by atoms with van der Waals surface area (Å²) in [5.74, 6) is 1.71. The number of nitrogens with one attached hydrogen (secondary N) is 1. The molecule has 3 nitrogen and oxygen atoms in total. The third-order valence-electron chi connectivity index (χ3n) is 2.77. The van der Waals surface area contributed by atoms with Gasteiger partial charge in [0.05, 0.1) is 5.82 Å². The van der Waals surface area contributed by atoms with Crippen molar-refractivity contribution in [2.45, 2.75) is 25.9 Å². The van der Waals surface area contributed by atoms with E-state index in [1.807, 2.05) is 0 Å². The van der Waals surface area contributed by atoms with Gasteiger partial charge in [-0.15, -0.1) is 0 Å². The van der Waals surface area contributed by atoms with Gasteiger partial charge in [-0.05, 0) is 11.8 Å². The maximum atomic E-state index is 5.85. The Kier molecular flexibility index (Phi) is 2.09. The number of nitrogens with two attached hydrogens (primary N) is 2. The topological polar surface area (TPSA) is 64.1 Å². The third-order valence-corrected chi connectivity index (χ3v) is 2.77. The van der Waals surface area contributed by atoms with Gasteiger partial charge in [-0.3, -0.25) is 0 Å². The van der Waals surface area contributed by atoms with Crippen LogP contribution in [-0.2, 0) is 0 Å². The minimum atomic E-state index is 0.227. The molecule has 1 rings (SSSR count). The lowest BCUT2D eigenvalue weighted by atomic mass is 9.67. The second-order valence-electron chi connectivity index (χ2n) is 3.49. The predicted molar refractivity (Wildman–Crippen MR) is 46.6 cm³/mol. The second-order valence-corrected chi connectivity index (χ2v) is 3.49. The lowest BCUT2D eigenvalue weighted by molar-refractivity contribution is 0.107. The van der Waals surface area contributed by atoms with Crippen molar-refractivity contribution in [1.82, 2.24) is 5.32 Å². The Morgan fingerprint density at radius 3 is 2.27 bits per heavy atom. The molecule has 64 valence electrons. The molecule has 0 aromatic heterocycles. The van der Waals surface area contributed by atoms with Crippen molar-refractivity contribution in [3.05, 3.63) is 12.4 Å². The van der Waals surface area contributed by atoms with Gasteiger partial charge in [-0.2, -0.15) is 0 Å². The van der Waals surface area contributed by atoms with E-state index >= 15 is 0 Å². The monoisotopic (exact) mass is 155 g/mol. The zero-order valence-electron chi connectivity index (χ0n) is 7.17. The van der Waals surface area contributed by atoms with Crippen LogP contribution in [0.1, 0.15) is 13.8 Å². The summed E-state index contributed by atoms with van der Waals surface area (Å²) in [6.07, 6.45) is 0. The van der Waals surface area contributed by atoms with Gasteiger partial charge in [0, 0.05) is 12.1 Å². The fourth-order valence-corrected chi connectivity index (χ4v) is 1.65. The van der Waals surface area contributed by atoms with E-state index in [4.69, 9.17) is 11.5 Å². The van der Waals surface area contributed by atoms with E-state index < -0.39 is 0 Å². The highest BCUT2D eigenvalue weighted by molar-refractivity contribution is 5.05. The van der Waals surface area contributed by atoms with E-state index in [0.717, 1.165) is 0 Å². The highest BCUT2D eigenvalue weighted by Crippen LogP contribution is 2.32. The van der Waals surface area contributed by atoms with Gasteiger partial charge in [0.15, 0.2) is 0 Å². The lowest BCUT2D eigenvalue weighted by Crippen LogP contribution is -2.64. The Hall–Kier alpha value is -0.700. The van der Waals surface area contributed by atoms with Gasteiger partial charge < -0.3 is 16.8 Å². The summed E-state index contributed by atoms with van der Waals surface area (Å²) in [5, 5.41) is 3.07. The van der Waals surface area contributed by atoms with Gasteiger partial charge in [-0.25, -0.2) is 0 Å². The fraction of sp³-hybridized carbons (Fsp3) is 0.750. The van der Waals surface area contributed by atoms with Gasteiger partial charge in [0.2, 0.25) is 0 Å². The Bertz CT molecular complexity index is 157. The summed E-state index contributed by atoms with van der Waals surface area (Å²) in [5.41, 5.74) is 11.3. The molecule has 1 saturated carbocycles. The van der Waals surface area contributed by atoms with Gasteiger partial charge in [-0.1, -0.05) is 20.4 Å². The summed E-state index contributed by atoms with van der Waals surface area (Å²) >= 11 is 0. The molecule has 0 saturated heterocycles. The molecule has 0 amide bonds. The average molecular weight is 155 g/mol. The minimum absolute atomic E-state index is 0.227. The van der Waals surface area contributed by atoms with Crippen LogP contribution in [0.4, 0.5) is 0 Å². The quantitative estimate of drug-likeness (QED) is 0.525. The first-order valence-electron chi connectivity index (χ1n) is 4.00. The molecule has 0 heterocycles. The van der Waals surface area contributed by atoms with Crippen LogP contribution >= 0.6 is 0 Å². The Balaban J connectivity index is 2.43. The zero-order valence-corrected chi connectivity index (χ0v) is 7.17. The van der Waals surface area contributed by atoms with Crippen molar-refractivity contribution >= 4 is 0 Å². The van der Waals surface area contributed by atoms with Crippen molar-refractivity contribution in [3.63, 3.8) is 0 Å². The van der Waals surface area contributed by atoms with Gasteiger partial charge in [0.25, 0.3) is 0 Å². The fourth-order valence-electron chi connectivity index (χ4n) is 1.65. The molecular formula is C8H17N3. The molecule has 1 aliphatic carbocycles. The van der Waals surface area contributed by atoms with Crippen molar-refractivity contribution in [2.75, 3.05) is 0 Å². The van der Waals surface area contributed by atoms with E-state index in [-0.39, 0.29) is 6.04 Å². The van der Waals surface area contributed by atoms with Gasteiger partial charge >= 0.3 is 0 Å². The standard InChI is InChI=1S/C8H17N3/c1-4-5(2)8(7(4)10)11-6(3)9/h4-5,7-8,11H,3,9-10H2,1-2H3/t4?,5?,7?,8-/m1/s1. The highest BCUT2D eigenvalue weighted by Gasteiger charge is 2.42. The molecule has 0 bridgehead atoms. The molecule has 0 aliphatic heterocycles. The molecule has 0 aromatic rings. The molecule has 0 radical (unpaired) electrons.